The number of rotatable bonds is 8. The number of carboxylic acid groups (broad SMARTS) is 1. The van der Waals surface area contributed by atoms with Crippen molar-refractivity contribution >= 4 is 11.9 Å². The number of aliphatic carboxylic acids is 1. The molecular weight excluding hydrogens is 262 g/mol. The first kappa shape index (κ1) is 16.0. The number of nitrogens with zero attached hydrogens (tertiary/aromatic N) is 1. The Morgan fingerprint density at radius 1 is 1.30 bits per heavy atom. The van der Waals surface area contributed by atoms with E-state index >= 15 is 0 Å². The van der Waals surface area contributed by atoms with Crippen LogP contribution in [0.3, 0.4) is 0 Å². The van der Waals surface area contributed by atoms with Crippen molar-refractivity contribution in [3.63, 3.8) is 0 Å². The Morgan fingerprint density at radius 3 is 2.50 bits per heavy atom. The third kappa shape index (κ3) is 6.19. The number of carbonyl (C=O) groups is 2. The third-order valence-electron chi connectivity index (χ3n) is 2.54. The molecule has 0 aliphatic rings. The summed E-state index contributed by atoms with van der Waals surface area (Å²) in [5, 5.41) is 18.0. The third-order valence-corrected chi connectivity index (χ3v) is 2.54. The Kier molecular flexibility index (Phi) is 6.52. The number of carbonyl (C=O) groups excluding carboxylic acids is 1. The van der Waals surface area contributed by atoms with Crippen LogP contribution in [0.1, 0.15) is 13.3 Å². The van der Waals surface area contributed by atoms with Gasteiger partial charge in [0, 0.05) is 13.1 Å². The van der Waals surface area contributed by atoms with Crippen LogP contribution in [0.25, 0.3) is 0 Å². The van der Waals surface area contributed by atoms with Gasteiger partial charge in [-0.1, -0.05) is 18.2 Å². The standard InChI is InChI=1S/C14H19NO5/c1-11(16)9-15(8-7-14(18)19)13(17)10-20-12-5-3-2-4-6-12/h2-6,11,16H,7-10H2,1H3,(H,18,19). The Morgan fingerprint density at radius 2 is 1.95 bits per heavy atom. The van der Waals surface area contributed by atoms with Crippen molar-refractivity contribution < 1.29 is 24.5 Å². The Bertz CT molecular complexity index is 432. The highest BCUT2D eigenvalue weighted by atomic mass is 16.5. The van der Waals surface area contributed by atoms with E-state index in [0.717, 1.165) is 0 Å². The van der Waals surface area contributed by atoms with Gasteiger partial charge in [0.05, 0.1) is 12.5 Å². The summed E-state index contributed by atoms with van der Waals surface area (Å²) in [6, 6.07) is 8.87. The predicted octanol–water partition coefficient (Wildman–Crippen LogP) is 0.750. The zero-order chi connectivity index (χ0) is 15.0. The monoisotopic (exact) mass is 281 g/mol. The first-order chi connectivity index (χ1) is 9.49. The van der Waals surface area contributed by atoms with E-state index in [0.29, 0.717) is 5.75 Å². The van der Waals surface area contributed by atoms with Crippen LogP contribution in [-0.4, -0.2) is 52.8 Å². The Labute approximate surface area is 117 Å². The lowest BCUT2D eigenvalue weighted by Gasteiger charge is -2.23. The molecule has 6 heteroatoms. The minimum atomic E-state index is -0.989. The van der Waals surface area contributed by atoms with Crippen molar-refractivity contribution in [1.82, 2.24) is 4.90 Å². The van der Waals surface area contributed by atoms with Gasteiger partial charge in [0.2, 0.25) is 0 Å². The first-order valence-corrected chi connectivity index (χ1v) is 6.34. The van der Waals surface area contributed by atoms with E-state index in [1.54, 1.807) is 31.2 Å². The molecule has 0 aliphatic heterocycles. The van der Waals surface area contributed by atoms with E-state index in [2.05, 4.69) is 0 Å². The van der Waals surface area contributed by atoms with Gasteiger partial charge in [-0.05, 0) is 19.1 Å². The molecule has 0 heterocycles. The zero-order valence-corrected chi connectivity index (χ0v) is 11.4. The number of para-hydroxylation sites is 1. The summed E-state index contributed by atoms with van der Waals surface area (Å²) in [6.07, 6.45) is -0.881. The van der Waals surface area contributed by atoms with Crippen LogP contribution in [0, 0.1) is 0 Å². The summed E-state index contributed by atoms with van der Waals surface area (Å²) in [5.41, 5.74) is 0. The van der Waals surface area contributed by atoms with Gasteiger partial charge in [0.1, 0.15) is 5.75 Å². The average molecular weight is 281 g/mol. The number of aliphatic hydroxyl groups is 1. The van der Waals surface area contributed by atoms with Gasteiger partial charge in [-0.3, -0.25) is 9.59 Å². The molecule has 0 saturated heterocycles. The number of hydrogen-bond acceptors (Lipinski definition) is 4. The van der Waals surface area contributed by atoms with E-state index in [-0.39, 0.29) is 32.0 Å². The Balaban J connectivity index is 2.51. The first-order valence-electron chi connectivity index (χ1n) is 6.34. The van der Waals surface area contributed by atoms with E-state index in [1.165, 1.54) is 4.90 Å². The summed E-state index contributed by atoms with van der Waals surface area (Å²) >= 11 is 0. The van der Waals surface area contributed by atoms with Crippen molar-refractivity contribution in [3.05, 3.63) is 30.3 Å². The normalized spacial score (nSPS) is 11.7. The highest BCUT2D eigenvalue weighted by Gasteiger charge is 2.17. The number of hydrogen-bond donors (Lipinski definition) is 2. The maximum Gasteiger partial charge on any atom is 0.305 e. The number of carboxylic acids is 1. The van der Waals surface area contributed by atoms with Crippen molar-refractivity contribution in [2.24, 2.45) is 0 Å². The molecule has 1 aromatic rings. The number of ether oxygens (including phenoxy) is 1. The van der Waals surface area contributed by atoms with Crippen molar-refractivity contribution in [3.8, 4) is 5.75 Å². The number of benzene rings is 1. The van der Waals surface area contributed by atoms with Crippen LogP contribution in [0.5, 0.6) is 5.75 Å². The number of amides is 1. The minimum Gasteiger partial charge on any atom is -0.484 e. The van der Waals surface area contributed by atoms with Gasteiger partial charge >= 0.3 is 5.97 Å². The van der Waals surface area contributed by atoms with Crippen LogP contribution < -0.4 is 4.74 Å². The summed E-state index contributed by atoms with van der Waals surface area (Å²) < 4.78 is 5.32. The molecule has 1 unspecified atom stereocenters. The van der Waals surface area contributed by atoms with Gasteiger partial charge in [-0.2, -0.15) is 0 Å². The van der Waals surface area contributed by atoms with E-state index < -0.39 is 12.1 Å². The molecule has 0 aromatic heterocycles. The summed E-state index contributed by atoms with van der Waals surface area (Å²) in [5.74, 6) is -0.774. The molecule has 1 atom stereocenters. The van der Waals surface area contributed by atoms with Gasteiger partial charge in [-0.25, -0.2) is 0 Å². The summed E-state index contributed by atoms with van der Waals surface area (Å²) in [4.78, 5) is 23.8. The van der Waals surface area contributed by atoms with Crippen LogP contribution in [-0.2, 0) is 9.59 Å². The van der Waals surface area contributed by atoms with Crippen molar-refractivity contribution in [2.75, 3.05) is 19.7 Å². The lowest BCUT2D eigenvalue weighted by Crippen LogP contribution is -2.40. The summed E-state index contributed by atoms with van der Waals surface area (Å²) in [7, 11) is 0. The molecule has 2 N–H and O–H groups in total. The molecule has 110 valence electrons. The molecule has 0 fully saturated rings. The van der Waals surface area contributed by atoms with Crippen LogP contribution in [0.15, 0.2) is 30.3 Å². The fraction of sp³-hybridized carbons (Fsp3) is 0.429. The quantitative estimate of drug-likeness (QED) is 0.734. The molecule has 0 aliphatic carbocycles. The lowest BCUT2D eigenvalue weighted by molar-refractivity contribution is -0.139. The van der Waals surface area contributed by atoms with Crippen LogP contribution >= 0.6 is 0 Å². The predicted molar refractivity (Wildman–Crippen MR) is 72.5 cm³/mol. The van der Waals surface area contributed by atoms with Crippen LogP contribution in [0.4, 0.5) is 0 Å². The molecular formula is C14H19NO5. The summed E-state index contributed by atoms with van der Waals surface area (Å²) in [6.45, 7) is 1.50. The van der Waals surface area contributed by atoms with Gasteiger partial charge in [-0.15, -0.1) is 0 Å². The van der Waals surface area contributed by atoms with E-state index in [1.807, 2.05) is 6.07 Å². The Hall–Kier alpha value is -2.08. The molecule has 0 radical (unpaired) electrons. The largest absolute Gasteiger partial charge is 0.484 e. The van der Waals surface area contributed by atoms with Crippen LogP contribution in [0.2, 0.25) is 0 Å². The van der Waals surface area contributed by atoms with E-state index in [9.17, 15) is 14.7 Å². The highest BCUT2D eigenvalue weighted by molar-refractivity contribution is 5.78. The van der Waals surface area contributed by atoms with Crippen molar-refractivity contribution in [1.29, 1.82) is 0 Å². The number of aliphatic hydroxyl groups excluding tert-OH is 1. The van der Waals surface area contributed by atoms with Gasteiger partial charge in [0.25, 0.3) is 5.91 Å². The van der Waals surface area contributed by atoms with E-state index in [4.69, 9.17) is 9.84 Å². The molecule has 1 rings (SSSR count). The maximum absolute atomic E-state index is 12.0. The molecule has 20 heavy (non-hydrogen) atoms. The second-order valence-corrected chi connectivity index (χ2v) is 4.43. The highest BCUT2D eigenvalue weighted by Crippen LogP contribution is 2.08. The molecule has 1 aromatic carbocycles. The molecule has 0 spiro atoms. The maximum atomic E-state index is 12.0. The molecule has 0 bridgehead atoms. The zero-order valence-electron chi connectivity index (χ0n) is 11.4. The molecule has 0 saturated carbocycles. The fourth-order valence-corrected chi connectivity index (χ4v) is 1.62. The smallest absolute Gasteiger partial charge is 0.305 e. The van der Waals surface area contributed by atoms with Gasteiger partial charge in [0.15, 0.2) is 6.61 Å². The topological polar surface area (TPSA) is 87.1 Å². The van der Waals surface area contributed by atoms with Crippen molar-refractivity contribution in [2.45, 2.75) is 19.4 Å². The second kappa shape index (κ2) is 8.16. The second-order valence-electron chi connectivity index (χ2n) is 4.43. The average Bonchev–Trinajstić information content (AvgIpc) is 2.41. The molecule has 1 amide bonds. The SMILES string of the molecule is CC(O)CN(CCC(=O)O)C(=O)COc1ccccc1. The van der Waals surface area contributed by atoms with Gasteiger partial charge < -0.3 is 19.8 Å². The molecule has 6 nitrogen and oxygen atoms in total. The lowest BCUT2D eigenvalue weighted by atomic mass is 10.3. The minimum absolute atomic E-state index is 0.0528. The fourth-order valence-electron chi connectivity index (χ4n) is 1.62.